The maximum atomic E-state index is 12.1. The monoisotopic (exact) mass is 371 g/mol. The number of esters is 1. The molecule has 2 rings (SSSR count). The van der Waals surface area contributed by atoms with Crippen molar-refractivity contribution < 1.29 is 22.7 Å². The molecule has 0 aliphatic heterocycles. The van der Waals surface area contributed by atoms with E-state index in [1.807, 2.05) is 0 Å². The lowest BCUT2D eigenvalue weighted by molar-refractivity contribution is -0.125. The van der Waals surface area contributed by atoms with E-state index in [-0.39, 0.29) is 29.1 Å². The molecule has 8 nitrogen and oxygen atoms in total. The second-order valence-electron chi connectivity index (χ2n) is 6.21. The highest BCUT2D eigenvalue weighted by Gasteiger charge is 2.21. The van der Waals surface area contributed by atoms with Crippen LogP contribution in [0.2, 0.25) is 0 Å². The maximum absolute atomic E-state index is 12.1. The number of nitrogens with one attached hydrogen (secondary N) is 2. The van der Waals surface area contributed by atoms with Crippen LogP contribution in [0, 0.1) is 0 Å². The Morgan fingerprint density at radius 2 is 1.88 bits per heavy atom. The van der Waals surface area contributed by atoms with Crippen molar-refractivity contribution >= 4 is 21.9 Å². The summed E-state index contributed by atoms with van der Waals surface area (Å²) in [6.45, 7) is -0.380. The summed E-state index contributed by atoms with van der Waals surface area (Å²) in [6, 6.07) is 1.35. The van der Waals surface area contributed by atoms with Crippen molar-refractivity contribution in [2.75, 3.05) is 13.7 Å². The molecule has 2 N–H and O–H groups in total. The van der Waals surface area contributed by atoms with Crippen molar-refractivity contribution in [1.29, 1.82) is 0 Å². The molecule has 1 aromatic rings. The molecule has 1 aliphatic carbocycles. The molecule has 0 saturated heterocycles. The molecule has 0 radical (unpaired) electrons. The minimum absolute atomic E-state index is 0.0349. The summed E-state index contributed by atoms with van der Waals surface area (Å²) in [5.74, 6) is -1.08. The standard InChI is InChI=1S/C16H25N3O5S/c1-17-25(22,23)13-9-14(19(2)10-13)16(21)24-11-15(20)18-12-7-5-3-4-6-8-12/h9-10,12,17H,3-8,11H2,1-2H3,(H,18,20). The number of hydrogen-bond acceptors (Lipinski definition) is 5. The Hall–Kier alpha value is -1.87. The summed E-state index contributed by atoms with van der Waals surface area (Å²) in [5, 5.41) is 2.89. The van der Waals surface area contributed by atoms with Gasteiger partial charge in [-0.3, -0.25) is 4.79 Å². The molecule has 0 atom stereocenters. The fourth-order valence-electron chi connectivity index (χ4n) is 2.90. The predicted molar refractivity (Wildman–Crippen MR) is 91.6 cm³/mol. The molecule has 0 spiro atoms. The van der Waals surface area contributed by atoms with E-state index in [4.69, 9.17) is 4.74 Å². The van der Waals surface area contributed by atoms with Gasteiger partial charge in [0.05, 0.1) is 0 Å². The predicted octanol–water partition coefficient (Wildman–Crippen LogP) is 0.929. The number of nitrogens with zero attached hydrogens (tertiary/aromatic N) is 1. The van der Waals surface area contributed by atoms with Gasteiger partial charge in [-0.15, -0.1) is 0 Å². The summed E-state index contributed by atoms with van der Waals surface area (Å²) in [6.07, 6.45) is 7.77. The van der Waals surface area contributed by atoms with E-state index in [1.54, 1.807) is 0 Å². The van der Waals surface area contributed by atoms with Crippen molar-refractivity contribution in [3.63, 3.8) is 0 Å². The van der Waals surface area contributed by atoms with E-state index >= 15 is 0 Å². The number of amides is 1. The zero-order valence-electron chi connectivity index (χ0n) is 14.6. The number of carbonyl (C=O) groups excluding carboxylic acids is 2. The number of carbonyl (C=O) groups is 2. The normalized spacial score (nSPS) is 16.2. The molecule has 25 heavy (non-hydrogen) atoms. The van der Waals surface area contributed by atoms with Crippen molar-refractivity contribution in [2.24, 2.45) is 7.05 Å². The lowest BCUT2D eigenvalue weighted by Crippen LogP contribution is -2.37. The van der Waals surface area contributed by atoms with Gasteiger partial charge < -0.3 is 14.6 Å². The van der Waals surface area contributed by atoms with E-state index in [0.717, 1.165) is 25.7 Å². The largest absolute Gasteiger partial charge is 0.451 e. The Morgan fingerprint density at radius 1 is 1.24 bits per heavy atom. The number of sulfonamides is 1. The number of aromatic nitrogens is 1. The molecule has 1 aliphatic rings. The average Bonchev–Trinajstić information content (AvgIpc) is 2.80. The van der Waals surface area contributed by atoms with Gasteiger partial charge in [0, 0.05) is 19.3 Å². The Bertz CT molecular complexity index is 718. The fraction of sp³-hybridized carbons (Fsp3) is 0.625. The lowest BCUT2D eigenvalue weighted by atomic mass is 10.1. The maximum Gasteiger partial charge on any atom is 0.355 e. The third-order valence-corrected chi connectivity index (χ3v) is 5.70. The molecule has 0 bridgehead atoms. The van der Waals surface area contributed by atoms with Gasteiger partial charge in [0.2, 0.25) is 10.0 Å². The molecular weight excluding hydrogens is 346 g/mol. The Balaban J connectivity index is 1.90. The lowest BCUT2D eigenvalue weighted by Gasteiger charge is -2.16. The van der Waals surface area contributed by atoms with Gasteiger partial charge in [-0.2, -0.15) is 0 Å². The van der Waals surface area contributed by atoms with Crippen LogP contribution in [0.15, 0.2) is 17.2 Å². The zero-order valence-corrected chi connectivity index (χ0v) is 15.4. The van der Waals surface area contributed by atoms with Crippen LogP contribution in [-0.4, -0.2) is 44.6 Å². The first kappa shape index (κ1) is 19.5. The third kappa shape index (κ3) is 5.30. The van der Waals surface area contributed by atoms with Crippen molar-refractivity contribution in [3.8, 4) is 0 Å². The number of hydrogen-bond donors (Lipinski definition) is 2. The SMILES string of the molecule is CNS(=O)(=O)c1cc(C(=O)OCC(=O)NC2CCCCCC2)n(C)c1. The first-order valence-electron chi connectivity index (χ1n) is 8.40. The van der Waals surface area contributed by atoms with Crippen LogP contribution in [-0.2, 0) is 26.6 Å². The molecule has 1 amide bonds. The summed E-state index contributed by atoms with van der Waals surface area (Å²) < 4.78 is 32.1. The van der Waals surface area contributed by atoms with Crippen LogP contribution < -0.4 is 10.0 Å². The Kier molecular flexibility index (Phi) is 6.60. The van der Waals surface area contributed by atoms with Gasteiger partial charge in [-0.25, -0.2) is 17.9 Å². The van der Waals surface area contributed by atoms with Crippen molar-refractivity contribution in [2.45, 2.75) is 49.5 Å². The van der Waals surface area contributed by atoms with Crippen LogP contribution in [0.3, 0.4) is 0 Å². The number of rotatable bonds is 6. The van der Waals surface area contributed by atoms with E-state index in [9.17, 15) is 18.0 Å². The molecule has 1 aromatic heterocycles. The minimum Gasteiger partial charge on any atom is -0.451 e. The molecule has 1 heterocycles. The molecule has 140 valence electrons. The van der Waals surface area contributed by atoms with Gasteiger partial charge in [0.25, 0.3) is 5.91 Å². The molecule has 1 fully saturated rings. The smallest absolute Gasteiger partial charge is 0.355 e. The molecule has 0 unspecified atom stereocenters. The van der Waals surface area contributed by atoms with Gasteiger partial charge in [0.15, 0.2) is 6.61 Å². The van der Waals surface area contributed by atoms with Crippen LogP contribution in [0.1, 0.15) is 49.0 Å². The van der Waals surface area contributed by atoms with Crippen molar-refractivity contribution in [3.05, 3.63) is 18.0 Å². The first-order chi connectivity index (χ1) is 11.8. The van der Waals surface area contributed by atoms with Crippen LogP contribution in [0.25, 0.3) is 0 Å². The summed E-state index contributed by atoms with van der Waals surface area (Å²) in [5.41, 5.74) is 0.0658. The first-order valence-corrected chi connectivity index (χ1v) is 9.88. The highest BCUT2D eigenvalue weighted by molar-refractivity contribution is 7.89. The van der Waals surface area contributed by atoms with Gasteiger partial charge in [0.1, 0.15) is 10.6 Å². The second-order valence-corrected chi connectivity index (χ2v) is 8.10. The molecular formula is C16H25N3O5S. The van der Waals surface area contributed by atoms with Crippen LogP contribution in [0.5, 0.6) is 0 Å². The van der Waals surface area contributed by atoms with Crippen LogP contribution >= 0.6 is 0 Å². The van der Waals surface area contributed by atoms with Gasteiger partial charge in [-0.1, -0.05) is 25.7 Å². The number of ether oxygens (including phenoxy) is 1. The Morgan fingerprint density at radius 3 is 2.48 bits per heavy atom. The fourth-order valence-corrected chi connectivity index (χ4v) is 3.70. The highest BCUT2D eigenvalue weighted by Crippen LogP contribution is 2.17. The van der Waals surface area contributed by atoms with E-state index < -0.39 is 16.0 Å². The second kappa shape index (κ2) is 8.48. The van der Waals surface area contributed by atoms with Gasteiger partial charge in [-0.05, 0) is 26.0 Å². The van der Waals surface area contributed by atoms with E-state index in [2.05, 4.69) is 10.0 Å². The summed E-state index contributed by atoms with van der Waals surface area (Å²) in [7, 11) is -0.817. The van der Waals surface area contributed by atoms with E-state index in [1.165, 1.54) is 43.8 Å². The van der Waals surface area contributed by atoms with Gasteiger partial charge >= 0.3 is 5.97 Å². The van der Waals surface area contributed by atoms with Crippen LogP contribution in [0.4, 0.5) is 0 Å². The molecule has 9 heteroatoms. The topological polar surface area (TPSA) is 106 Å². The highest BCUT2D eigenvalue weighted by atomic mass is 32.2. The number of aryl methyl sites for hydroxylation is 1. The molecule has 0 aromatic carbocycles. The quantitative estimate of drug-likeness (QED) is 0.571. The minimum atomic E-state index is -3.65. The summed E-state index contributed by atoms with van der Waals surface area (Å²) in [4.78, 5) is 24.0. The molecule has 1 saturated carbocycles. The summed E-state index contributed by atoms with van der Waals surface area (Å²) >= 11 is 0. The zero-order chi connectivity index (χ0) is 18.4. The average molecular weight is 371 g/mol. The third-order valence-electron chi connectivity index (χ3n) is 4.32. The van der Waals surface area contributed by atoms with Crippen molar-refractivity contribution in [1.82, 2.24) is 14.6 Å². The van der Waals surface area contributed by atoms with E-state index in [0.29, 0.717) is 0 Å². The Labute approximate surface area is 148 Å².